The molecule has 0 amide bonds. The molecule has 1 unspecified atom stereocenters. The van der Waals surface area contributed by atoms with E-state index in [0.717, 1.165) is 24.1 Å². The molecule has 0 saturated carbocycles. The molecule has 0 aliphatic rings. The monoisotopic (exact) mass is 236 g/mol. The van der Waals surface area contributed by atoms with Crippen molar-refractivity contribution in [1.29, 1.82) is 0 Å². The van der Waals surface area contributed by atoms with Crippen LogP contribution < -0.4 is 0 Å². The largest absolute Gasteiger partial charge is 0.344 e. The van der Waals surface area contributed by atoms with Crippen LogP contribution in [0.4, 0.5) is 0 Å². The lowest BCUT2D eigenvalue weighted by Gasteiger charge is -2.29. The standard InChI is InChI=1S/C14H24N2O/c1-10(2)14(8-15(5)6)16-11(3)7-13(9-17)12(16)4/h7,9-10,14H,8H2,1-6H3. The van der Waals surface area contributed by atoms with Crippen LogP contribution in [0.1, 0.15) is 41.6 Å². The summed E-state index contributed by atoms with van der Waals surface area (Å²) in [6.07, 6.45) is 0.950. The molecular weight excluding hydrogens is 212 g/mol. The molecule has 0 bridgehead atoms. The van der Waals surface area contributed by atoms with Gasteiger partial charge >= 0.3 is 0 Å². The number of carbonyl (C=O) groups excluding carboxylic acids is 1. The molecule has 0 N–H and O–H groups in total. The maximum Gasteiger partial charge on any atom is 0.151 e. The summed E-state index contributed by atoms with van der Waals surface area (Å²) in [7, 11) is 4.17. The first-order valence-electron chi connectivity index (χ1n) is 6.16. The van der Waals surface area contributed by atoms with Crippen LogP contribution in [0, 0.1) is 19.8 Å². The third-order valence-corrected chi connectivity index (χ3v) is 3.30. The lowest BCUT2D eigenvalue weighted by molar-refractivity contribution is 0.112. The average molecular weight is 236 g/mol. The van der Waals surface area contributed by atoms with E-state index in [1.807, 2.05) is 13.0 Å². The zero-order valence-electron chi connectivity index (χ0n) is 11.8. The van der Waals surface area contributed by atoms with Crippen molar-refractivity contribution < 1.29 is 4.79 Å². The van der Waals surface area contributed by atoms with Crippen molar-refractivity contribution in [2.45, 2.75) is 33.7 Å². The highest BCUT2D eigenvalue weighted by atomic mass is 16.1. The fourth-order valence-electron chi connectivity index (χ4n) is 2.40. The summed E-state index contributed by atoms with van der Waals surface area (Å²) in [4.78, 5) is 13.2. The first kappa shape index (κ1) is 14.0. The molecule has 3 nitrogen and oxygen atoms in total. The Labute approximate surface area is 104 Å². The normalized spacial score (nSPS) is 13.4. The van der Waals surface area contributed by atoms with Crippen LogP contribution in [-0.4, -0.2) is 36.4 Å². The van der Waals surface area contributed by atoms with E-state index in [1.165, 1.54) is 5.69 Å². The number of hydrogen-bond acceptors (Lipinski definition) is 2. The van der Waals surface area contributed by atoms with Crippen molar-refractivity contribution in [2.75, 3.05) is 20.6 Å². The summed E-state index contributed by atoms with van der Waals surface area (Å²) in [5, 5.41) is 0. The molecule has 0 aliphatic carbocycles. The van der Waals surface area contributed by atoms with Gasteiger partial charge < -0.3 is 9.47 Å². The molecule has 1 heterocycles. The van der Waals surface area contributed by atoms with Crippen LogP contribution >= 0.6 is 0 Å². The lowest BCUT2D eigenvalue weighted by Crippen LogP contribution is -2.29. The van der Waals surface area contributed by atoms with Crippen LogP contribution in [0.15, 0.2) is 6.07 Å². The summed E-state index contributed by atoms with van der Waals surface area (Å²) < 4.78 is 2.30. The molecule has 0 spiro atoms. The van der Waals surface area contributed by atoms with E-state index in [2.05, 4.69) is 44.3 Å². The third kappa shape index (κ3) is 2.97. The average Bonchev–Trinajstić information content (AvgIpc) is 2.50. The van der Waals surface area contributed by atoms with Gasteiger partial charge in [-0.25, -0.2) is 0 Å². The van der Waals surface area contributed by atoms with Crippen LogP contribution in [-0.2, 0) is 0 Å². The van der Waals surface area contributed by atoms with Gasteiger partial charge in [0.1, 0.15) is 0 Å². The van der Waals surface area contributed by atoms with Gasteiger partial charge in [-0.3, -0.25) is 4.79 Å². The van der Waals surface area contributed by atoms with Crippen molar-refractivity contribution in [2.24, 2.45) is 5.92 Å². The predicted octanol–water partition coefficient (Wildman–Crippen LogP) is 2.68. The van der Waals surface area contributed by atoms with Crippen LogP contribution in [0.2, 0.25) is 0 Å². The lowest BCUT2D eigenvalue weighted by atomic mass is 10.0. The van der Waals surface area contributed by atoms with E-state index in [9.17, 15) is 4.79 Å². The zero-order valence-corrected chi connectivity index (χ0v) is 11.8. The Morgan fingerprint density at radius 2 is 1.94 bits per heavy atom. The molecule has 0 fully saturated rings. The predicted molar refractivity (Wildman–Crippen MR) is 71.7 cm³/mol. The van der Waals surface area contributed by atoms with Gasteiger partial charge in [-0.05, 0) is 39.9 Å². The fourth-order valence-corrected chi connectivity index (χ4v) is 2.40. The van der Waals surface area contributed by atoms with Gasteiger partial charge in [-0.1, -0.05) is 13.8 Å². The Balaban J connectivity index is 3.18. The van der Waals surface area contributed by atoms with E-state index < -0.39 is 0 Å². The molecule has 0 radical (unpaired) electrons. The minimum Gasteiger partial charge on any atom is -0.344 e. The molecule has 96 valence electrons. The molecule has 1 rings (SSSR count). The molecular formula is C14H24N2O. The SMILES string of the molecule is Cc1cc(C=O)c(C)n1C(CN(C)C)C(C)C. The topological polar surface area (TPSA) is 25.2 Å². The molecule has 1 aromatic heterocycles. The van der Waals surface area contributed by atoms with Gasteiger partial charge in [-0.15, -0.1) is 0 Å². The number of nitrogens with zero attached hydrogens (tertiary/aromatic N) is 2. The number of aldehydes is 1. The maximum absolute atomic E-state index is 11.0. The highest BCUT2D eigenvalue weighted by Gasteiger charge is 2.21. The second kappa shape index (κ2) is 5.50. The third-order valence-electron chi connectivity index (χ3n) is 3.30. The van der Waals surface area contributed by atoms with Crippen molar-refractivity contribution in [1.82, 2.24) is 9.47 Å². The smallest absolute Gasteiger partial charge is 0.151 e. The zero-order chi connectivity index (χ0) is 13.2. The molecule has 0 aromatic carbocycles. The first-order chi connectivity index (χ1) is 7.88. The highest BCUT2D eigenvalue weighted by molar-refractivity contribution is 5.77. The number of rotatable bonds is 5. The van der Waals surface area contributed by atoms with Crippen molar-refractivity contribution in [3.05, 3.63) is 23.0 Å². The fraction of sp³-hybridized carbons (Fsp3) is 0.643. The molecule has 0 aliphatic heterocycles. The van der Waals surface area contributed by atoms with E-state index in [4.69, 9.17) is 0 Å². The van der Waals surface area contributed by atoms with Crippen molar-refractivity contribution >= 4 is 6.29 Å². The Morgan fingerprint density at radius 1 is 1.35 bits per heavy atom. The molecule has 1 atom stereocenters. The van der Waals surface area contributed by atoms with Crippen molar-refractivity contribution in [3.63, 3.8) is 0 Å². The van der Waals surface area contributed by atoms with Gasteiger partial charge in [0, 0.05) is 29.5 Å². The summed E-state index contributed by atoms with van der Waals surface area (Å²) >= 11 is 0. The number of aryl methyl sites for hydroxylation is 1. The van der Waals surface area contributed by atoms with Crippen LogP contribution in [0.3, 0.4) is 0 Å². The molecule has 0 saturated heterocycles. The Bertz CT molecular complexity index is 391. The van der Waals surface area contributed by atoms with Crippen LogP contribution in [0.5, 0.6) is 0 Å². The minimum atomic E-state index is 0.415. The van der Waals surface area contributed by atoms with E-state index in [1.54, 1.807) is 0 Å². The van der Waals surface area contributed by atoms with Gasteiger partial charge in [-0.2, -0.15) is 0 Å². The molecule has 3 heteroatoms. The van der Waals surface area contributed by atoms with E-state index in [-0.39, 0.29) is 0 Å². The van der Waals surface area contributed by atoms with E-state index in [0.29, 0.717) is 12.0 Å². The second-order valence-electron chi connectivity index (χ2n) is 5.39. The number of carbonyl (C=O) groups is 1. The highest BCUT2D eigenvalue weighted by Crippen LogP contribution is 2.25. The summed E-state index contributed by atoms with van der Waals surface area (Å²) in [5.74, 6) is 0.543. The Morgan fingerprint density at radius 3 is 2.29 bits per heavy atom. The summed E-state index contributed by atoms with van der Waals surface area (Å²) in [6.45, 7) is 9.56. The Kier molecular flexibility index (Phi) is 4.52. The number of hydrogen-bond donors (Lipinski definition) is 0. The summed E-state index contributed by atoms with van der Waals surface area (Å²) in [5.41, 5.74) is 3.06. The van der Waals surface area contributed by atoms with Gasteiger partial charge in [0.05, 0.1) is 0 Å². The minimum absolute atomic E-state index is 0.415. The van der Waals surface area contributed by atoms with E-state index >= 15 is 0 Å². The van der Waals surface area contributed by atoms with Crippen LogP contribution in [0.25, 0.3) is 0 Å². The Hall–Kier alpha value is -1.09. The van der Waals surface area contributed by atoms with Crippen molar-refractivity contribution in [3.8, 4) is 0 Å². The maximum atomic E-state index is 11.0. The summed E-state index contributed by atoms with van der Waals surface area (Å²) in [6, 6.07) is 2.40. The van der Waals surface area contributed by atoms with Gasteiger partial charge in [0.2, 0.25) is 0 Å². The quantitative estimate of drug-likeness (QED) is 0.734. The number of likely N-dealkylation sites (N-methyl/N-ethyl adjacent to an activating group) is 1. The van der Waals surface area contributed by atoms with Gasteiger partial charge in [0.15, 0.2) is 6.29 Å². The molecule has 17 heavy (non-hydrogen) atoms. The first-order valence-corrected chi connectivity index (χ1v) is 6.16. The molecule has 1 aromatic rings. The second-order valence-corrected chi connectivity index (χ2v) is 5.39. The number of aromatic nitrogens is 1. The van der Waals surface area contributed by atoms with Gasteiger partial charge in [0.25, 0.3) is 0 Å².